The first-order valence-corrected chi connectivity index (χ1v) is 10.6. The van der Waals surface area contributed by atoms with Crippen LogP contribution in [0.15, 0.2) is 48.5 Å². The van der Waals surface area contributed by atoms with Crippen LogP contribution in [0.5, 0.6) is 5.75 Å². The summed E-state index contributed by atoms with van der Waals surface area (Å²) in [7, 11) is 1.58. The van der Waals surface area contributed by atoms with Gasteiger partial charge in [0.05, 0.1) is 13.2 Å². The lowest BCUT2D eigenvalue weighted by molar-refractivity contribution is -0.122. The van der Waals surface area contributed by atoms with E-state index in [1.165, 1.54) is 0 Å². The molecule has 1 saturated heterocycles. The largest absolute Gasteiger partial charge is 0.497 e. The van der Waals surface area contributed by atoms with Crippen LogP contribution in [0, 0.1) is 0 Å². The van der Waals surface area contributed by atoms with Crippen molar-refractivity contribution in [3.63, 3.8) is 0 Å². The number of Topliss-reactive ketones (excluding diaryl/α,β-unsaturated/α-hetero) is 1. The third-order valence-corrected chi connectivity index (χ3v) is 5.58. The zero-order valence-electron chi connectivity index (χ0n) is 17.8. The Balaban J connectivity index is 1.51. The maximum absolute atomic E-state index is 12.4. The first-order chi connectivity index (χ1) is 15.0. The van der Waals surface area contributed by atoms with E-state index >= 15 is 0 Å². The van der Waals surface area contributed by atoms with Gasteiger partial charge in [0.2, 0.25) is 11.8 Å². The molecular weight excluding hydrogens is 394 g/mol. The molecule has 7 heteroatoms. The van der Waals surface area contributed by atoms with E-state index in [9.17, 15) is 14.4 Å². The van der Waals surface area contributed by atoms with E-state index in [1.807, 2.05) is 24.3 Å². The standard InChI is InChI=1S/C24H29N3O4/c1-31-19-13-11-17(12-14-19)22(28)9-4-10-23(29)26-20-7-3-2-6-18(20)16-27-15-5-8-21(27)24(25)30/h2-3,6-7,11-14,21H,4-5,8-10,15-16H2,1H3,(H2,25,30)(H,26,29). The van der Waals surface area contributed by atoms with Gasteiger partial charge in [0.1, 0.15) is 5.75 Å². The maximum Gasteiger partial charge on any atom is 0.234 e. The van der Waals surface area contributed by atoms with Crippen molar-refractivity contribution in [1.29, 1.82) is 0 Å². The number of nitrogens with zero attached hydrogens (tertiary/aromatic N) is 1. The highest BCUT2D eigenvalue weighted by Crippen LogP contribution is 2.24. The molecule has 1 fully saturated rings. The Morgan fingerprint density at radius 3 is 2.55 bits per heavy atom. The molecule has 3 rings (SSSR count). The summed E-state index contributed by atoms with van der Waals surface area (Å²) in [5, 5.41) is 2.95. The number of carbonyl (C=O) groups excluding carboxylic acids is 3. The fourth-order valence-electron chi connectivity index (χ4n) is 3.88. The summed E-state index contributed by atoms with van der Waals surface area (Å²) in [4.78, 5) is 38.5. The zero-order chi connectivity index (χ0) is 22.2. The SMILES string of the molecule is COc1ccc(C(=O)CCCC(=O)Nc2ccccc2CN2CCCC2C(N)=O)cc1. The van der Waals surface area contributed by atoms with Crippen molar-refractivity contribution >= 4 is 23.3 Å². The minimum Gasteiger partial charge on any atom is -0.497 e. The highest BCUT2D eigenvalue weighted by atomic mass is 16.5. The molecule has 7 nitrogen and oxygen atoms in total. The highest BCUT2D eigenvalue weighted by molar-refractivity contribution is 5.97. The molecule has 0 aromatic heterocycles. The number of ketones is 1. The Bertz CT molecular complexity index is 927. The quantitative estimate of drug-likeness (QED) is 0.572. The summed E-state index contributed by atoms with van der Waals surface area (Å²) in [6.07, 6.45) is 2.73. The third kappa shape index (κ3) is 6.15. The van der Waals surface area contributed by atoms with E-state index in [0.717, 1.165) is 30.6 Å². The third-order valence-electron chi connectivity index (χ3n) is 5.58. The number of rotatable bonds is 10. The van der Waals surface area contributed by atoms with Gasteiger partial charge in [-0.15, -0.1) is 0 Å². The van der Waals surface area contributed by atoms with E-state index in [2.05, 4.69) is 10.2 Å². The number of hydrogen-bond acceptors (Lipinski definition) is 5. The van der Waals surface area contributed by atoms with E-state index in [-0.39, 0.29) is 30.1 Å². The van der Waals surface area contributed by atoms with E-state index in [1.54, 1.807) is 31.4 Å². The normalized spacial score (nSPS) is 16.1. The molecule has 2 aromatic carbocycles. The summed E-state index contributed by atoms with van der Waals surface area (Å²) < 4.78 is 5.10. The number of hydrogen-bond donors (Lipinski definition) is 2. The number of carbonyl (C=O) groups is 3. The number of nitrogens with two attached hydrogens (primary N) is 1. The van der Waals surface area contributed by atoms with Gasteiger partial charge in [-0.2, -0.15) is 0 Å². The first-order valence-electron chi connectivity index (χ1n) is 10.6. The van der Waals surface area contributed by atoms with Crippen molar-refractivity contribution in [2.45, 2.75) is 44.7 Å². The molecule has 0 saturated carbocycles. The predicted octanol–water partition coefficient (Wildman–Crippen LogP) is 3.14. The molecule has 1 unspecified atom stereocenters. The fraction of sp³-hybridized carbons (Fsp3) is 0.375. The van der Waals surface area contributed by atoms with Crippen molar-refractivity contribution in [2.75, 3.05) is 19.0 Å². The van der Waals surface area contributed by atoms with Gasteiger partial charge < -0.3 is 15.8 Å². The van der Waals surface area contributed by atoms with Gasteiger partial charge in [0.15, 0.2) is 5.78 Å². The van der Waals surface area contributed by atoms with Crippen LogP contribution in [0.25, 0.3) is 0 Å². The number of para-hydroxylation sites is 1. The second-order valence-electron chi connectivity index (χ2n) is 7.74. The Hall–Kier alpha value is -3.19. The van der Waals surface area contributed by atoms with Gasteiger partial charge >= 0.3 is 0 Å². The number of amides is 2. The molecular formula is C24H29N3O4. The molecule has 0 aliphatic carbocycles. The molecule has 2 amide bonds. The van der Waals surface area contributed by atoms with Gasteiger partial charge in [0.25, 0.3) is 0 Å². The molecule has 0 spiro atoms. The van der Waals surface area contributed by atoms with Crippen LogP contribution >= 0.6 is 0 Å². The molecule has 1 aliphatic heterocycles. The van der Waals surface area contributed by atoms with Gasteiger partial charge in [0, 0.05) is 30.6 Å². The lowest BCUT2D eigenvalue weighted by Gasteiger charge is -2.23. The van der Waals surface area contributed by atoms with Crippen molar-refractivity contribution in [3.05, 3.63) is 59.7 Å². The van der Waals surface area contributed by atoms with Crippen molar-refractivity contribution in [3.8, 4) is 5.75 Å². The molecule has 1 aliphatic rings. The number of anilines is 1. The van der Waals surface area contributed by atoms with Crippen LogP contribution in [0.1, 0.15) is 48.0 Å². The van der Waals surface area contributed by atoms with Crippen LogP contribution in [-0.2, 0) is 16.1 Å². The lowest BCUT2D eigenvalue weighted by Crippen LogP contribution is -2.39. The number of likely N-dealkylation sites (tertiary alicyclic amines) is 1. The second-order valence-corrected chi connectivity index (χ2v) is 7.74. The highest BCUT2D eigenvalue weighted by Gasteiger charge is 2.29. The zero-order valence-corrected chi connectivity index (χ0v) is 17.8. The van der Waals surface area contributed by atoms with Crippen LogP contribution < -0.4 is 15.8 Å². The minimum atomic E-state index is -0.305. The first kappa shape index (κ1) is 22.5. The number of primary amides is 1. The molecule has 164 valence electrons. The number of benzene rings is 2. The second kappa shape index (κ2) is 10.7. The Morgan fingerprint density at radius 2 is 1.84 bits per heavy atom. The van der Waals surface area contributed by atoms with Gasteiger partial charge in [-0.3, -0.25) is 19.3 Å². The molecule has 2 aromatic rings. The van der Waals surface area contributed by atoms with Crippen molar-refractivity contribution in [1.82, 2.24) is 4.90 Å². The van der Waals surface area contributed by atoms with Gasteiger partial charge in [-0.05, 0) is 61.7 Å². The molecule has 31 heavy (non-hydrogen) atoms. The molecule has 0 radical (unpaired) electrons. The average molecular weight is 424 g/mol. The van der Waals surface area contributed by atoms with Gasteiger partial charge in [-0.1, -0.05) is 18.2 Å². The average Bonchev–Trinajstić information content (AvgIpc) is 3.23. The smallest absolute Gasteiger partial charge is 0.234 e. The van der Waals surface area contributed by atoms with Crippen LogP contribution in [0.4, 0.5) is 5.69 Å². The number of methoxy groups -OCH3 is 1. The Labute approximate surface area is 182 Å². The van der Waals surface area contributed by atoms with Crippen molar-refractivity contribution in [2.24, 2.45) is 5.73 Å². The van der Waals surface area contributed by atoms with Crippen molar-refractivity contribution < 1.29 is 19.1 Å². The van der Waals surface area contributed by atoms with Gasteiger partial charge in [-0.25, -0.2) is 0 Å². The van der Waals surface area contributed by atoms with E-state index in [4.69, 9.17) is 10.5 Å². The van der Waals surface area contributed by atoms with Crippen LogP contribution in [0.2, 0.25) is 0 Å². The summed E-state index contributed by atoms with van der Waals surface area (Å²) in [5.74, 6) is 0.261. The number of nitrogens with one attached hydrogen (secondary N) is 1. The lowest BCUT2D eigenvalue weighted by atomic mass is 10.1. The summed E-state index contributed by atoms with van der Waals surface area (Å²) >= 11 is 0. The fourth-order valence-corrected chi connectivity index (χ4v) is 3.88. The Kier molecular flexibility index (Phi) is 7.78. The summed E-state index contributed by atoms with van der Waals surface area (Å²) in [6.45, 7) is 1.36. The number of ether oxygens (including phenoxy) is 1. The summed E-state index contributed by atoms with van der Waals surface area (Å²) in [6, 6.07) is 14.3. The van der Waals surface area contributed by atoms with Crippen LogP contribution in [-0.4, -0.2) is 42.2 Å². The minimum absolute atomic E-state index is 0.00220. The Morgan fingerprint density at radius 1 is 1.10 bits per heavy atom. The molecule has 1 atom stereocenters. The van der Waals surface area contributed by atoms with E-state index in [0.29, 0.717) is 30.7 Å². The topological polar surface area (TPSA) is 102 Å². The predicted molar refractivity (Wildman–Crippen MR) is 119 cm³/mol. The van der Waals surface area contributed by atoms with E-state index < -0.39 is 0 Å². The molecule has 1 heterocycles. The molecule has 3 N–H and O–H groups in total. The summed E-state index contributed by atoms with van der Waals surface area (Å²) in [5.41, 5.74) is 7.79. The monoisotopic (exact) mass is 423 g/mol. The maximum atomic E-state index is 12.4. The molecule has 0 bridgehead atoms. The van der Waals surface area contributed by atoms with Crippen LogP contribution in [0.3, 0.4) is 0 Å².